The summed E-state index contributed by atoms with van der Waals surface area (Å²) in [5, 5.41) is 10.2. The summed E-state index contributed by atoms with van der Waals surface area (Å²) >= 11 is 6.24. The van der Waals surface area contributed by atoms with Crippen molar-refractivity contribution in [3.05, 3.63) is 75.3 Å². The Morgan fingerprint density at radius 2 is 1.81 bits per heavy atom. The van der Waals surface area contributed by atoms with E-state index in [9.17, 15) is 18.9 Å². The van der Waals surface area contributed by atoms with Crippen molar-refractivity contribution in [2.75, 3.05) is 0 Å². The average Bonchev–Trinajstić information content (AvgIpc) is 2.48. The quantitative estimate of drug-likeness (QED) is 0.440. The zero-order valence-corrected chi connectivity index (χ0v) is 11.6. The number of alkyl halides is 3. The van der Waals surface area contributed by atoms with Gasteiger partial charge in [-0.15, -0.1) is 11.6 Å². The number of nitro groups is 1. The molecule has 0 aliphatic heterocycles. The summed E-state index contributed by atoms with van der Waals surface area (Å²) < 4.78 is 26.1. The molecule has 1 atom stereocenters. The largest absolute Gasteiger partial charge is 0.269 e. The van der Waals surface area contributed by atoms with Crippen LogP contribution in [0.15, 0.2) is 48.5 Å². The highest BCUT2D eigenvalue weighted by atomic mass is 35.5. The summed E-state index contributed by atoms with van der Waals surface area (Å²) in [7, 11) is 0. The van der Waals surface area contributed by atoms with Gasteiger partial charge in [0.1, 0.15) is 0 Å². The minimum Gasteiger partial charge on any atom is -0.258 e. The van der Waals surface area contributed by atoms with Gasteiger partial charge in [-0.1, -0.05) is 36.4 Å². The zero-order valence-electron chi connectivity index (χ0n) is 10.9. The third kappa shape index (κ3) is 3.76. The van der Waals surface area contributed by atoms with E-state index < -0.39 is 16.7 Å². The molecule has 2 aromatic carbocycles. The van der Waals surface area contributed by atoms with Gasteiger partial charge in [0.15, 0.2) is 0 Å². The molecule has 0 saturated heterocycles. The molecule has 0 spiro atoms. The van der Waals surface area contributed by atoms with Crippen LogP contribution >= 0.6 is 11.6 Å². The molecule has 2 aromatic rings. The number of hydrogen-bond acceptors (Lipinski definition) is 2. The Morgan fingerprint density at radius 3 is 2.38 bits per heavy atom. The van der Waals surface area contributed by atoms with Crippen LogP contribution in [0.5, 0.6) is 0 Å². The van der Waals surface area contributed by atoms with Gasteiger partial charge in [-0.25, -0.2) is 8.78 Å². The van der Waals surface area contributed by atoms with Crippen molar-refractivity contribution in [1.82, 2.24) is 0 Å². The summed E-state index contributed by atoms with van der Waals surface area (Å²) in [6, 6.07) is 12.6. The molecule has 0 heterocycles. The van der Waals surface area contributed by atoms with Crippen LogP contribution in [0.2, 0.25) is 0 Å². The molecule has 3 nitrogen and oxygen atoms in total. The molecule has 0 fully saturated rings. The SMILES string of the molecule is O=[N+]([O-])c1ccc(CC(Cl)c2ccccc2)c(C(F)F)c1. The second kappa shape index (κ2) is 6.63. The standard InChI is InChI=1S/C15H12ClF2NO2/c16-14(10-4-2-1-3-5-10)8-11-6-7-12(19(20)21)9-13(11)15(17)18/h1-7,9,14-15H,8H2. The van der Waals surface area contributed by atoms with Gasteiger partial charge in [-0.3, -0.25) is 10.1 Å². The van der Waals surface area contributed by atoms with E-state index in [1.807, 2.05) is 30.3 Å². The number of benzene rings is 2. The first-order chi connectivity index (χ1) is 9.99. The van der Waals surface area contributed by atoms with Crippen molar-refractivity contribution in [1.29, 1.82) is 0 Å². The van der Waals surface area contributed by atoms with Crippen molar-refractivity contribution >= 4 is 17.3 Å². The van der Waals surface area contributed by atoms with Gasteiger partial charge < -0.3 is 0 Å². The van der Waals surface area contributed by atoms with Crippen molar-refractivity contribution in [2.24, 2.45) is 0 Å². The fourth-order valence-corrected chi connectivity index (χ4v) is 2.37. The van der Waals surface area contributed by atoms with E-state index in [4.69, 9.17) is 11.6 Å². The Morgan fingerprint density at radius 1 is 1.14 bits per heavy atom. The van der Waals surface area contributed by atoms with E-state index in [0.29, 0.717) is 5.56 Å². The first-order valence-corrected chi connectivity index (χ1v) is 6.67. The molecule has 0 aromatic heterocycles. The monoisotopic (exact) mass is 311 g/mol. The third-order valence-corrected chi connectivity index (χ3v) is 3.54. The van der Waals surface area contributed by atoms with Crippen LogP contribution in [0, 0.1) is 10.1 Å². The maximum Gasteiger partial charge on any atom is 0.269 e. The highest BCUT2D eigenvalue weighted by Crippen LogP contribution is 2.32. The molecular formula is C15H12ClF2NO2. The lowest BCUT2D eigenvalue weighted by atomic mass is 9.99. The minimum absolute atomic E-state index is 0.184. The summed E-state index contributed by atoms with van der Waals surface area (Å²) in [6.45, 7) is 0. The van der Waals surface area contributed by atoms with E-state index >= 15 is 0 Å². The Labute approximate surface area is 125 Å². The van der Waals surface area contributed by atoms with Crippen LogP contribution in [0.1, 0.15) is 28.5 Å². The van der Waals surface area contributed by atoms with Gasteiger partial charge in [0.25, 0.3) is 12.1 Å². The minimum atomic E-state index is -2.78. The van der Waals surface area contributed by atoms with E-state index in [1.54, 1.807) is 0 Å². The zero-order chi connectivity index (χ0) is 15.4. The summed E-state index contributed by atoms with van der Waals surface area (Å²) in [5.41, 5.74) is 0.447. The molecule has 0 amide bonds. The molecule has 0 N–H and O–H groups in total. The maximum absolute atomic E-state index is 13.1. The van der Waals surface area contributed by atoms with E-state index in [1.165, 1.54) is 12.1 Å². The van der Waals surface area contributed by atoms with Crippen molar-refractivity contribution in [3.8, 4) is 0 Å². The number of halogens is 3. The Balaban J connectivity index is 2.29. The summed E-state index contributed by atoms with van der Waals surface area (Å²) in [5.74, 6) is 0. The normalized spacial score (nSPS) is 12.4. The van der Waals surface area contributed by atoms with Crippen LogP contribution < -0.4 is 0 Å². The Hall–Kier alpha value is -2.01. The maximum atomic E-state index is 13.1. The molecule has 21 heavy (non-hydrogen) atoms. The average molecular weight is 312 g/mol. The van der Waals surface area contributed by atoms with Gasteiger partial charge in [0, 0.05) is 17.7 Å². The predicted octanol–water partition coefficient (Wildman–Crippen LogP) is 5.06. The highest BCUT2D eigenvalue weighted by Gasteiger charge is 2.20. The summed E-state index contributed by atoms with van der Waals surface area (Å²) in [6.07, 6.45) is -2.59. The van der Waals surface area contributed by atoms with Gasteiger partial charge in [0.05, 0.1) is 10.3 Å². The lowest BCUT2D eigenvalue weighted by Crippen LogP contribution is -2.02. The van der Waals surface area contributed by atoms with Crippen LogP contribution in [0.3, 0.4) is 0 Å². The predicted molar refractivity (Wildman–Crippen MR) is 76.8 cm³/mol. The second-order valence-corrected chi connectivity index (χ2v) is 5.05. The van der Waals surface area contributed by atoms with Gasteiger partial charge in [0.2, 0.25) is 0 Å². The first kappa shape index (κ1) is 15.4. The van der Waals surface area contributed by atoms with Gasteiger partial charge >= 0.3 is 0 Å². The molecular weight excluding hydrogens is 300 g/mol. The van der Waals surface area contributed by atoms with Crippen LogP contribution in [0.4, 0.5) is 14.5 Å². The van der Waals surface area contributed by atoms with Crippen LogP contribution in [0.25, 0.3) is 0 Å². The van der Waals surface area contributed by atoms with E-state index in [2.05, 4.69) is 0 Å². The molecule has 2 rings (SSSR count). The molecule has 6 heteroatoms. The molecule has 110 valence electrons. The second-order valence-electron chi connectivity index (χ2n) is 4.52. The number of nitro benzene ring substituents is 1. The van der Waals surface area contributed by atoms with Crippen LogP contribution in [-0.4, -0.2) is 4.92 Å². The third-order valence-electron chi connectivity index (χ3n) is 3.14. The Kier molecular flexibility index (Phi) is 4.85. The van der Waals surface area contributed by atoms with E-state index in [0.717, 1.165) is 11.6 Å². The lowest BCUT2D eigenvalue weighted by molar-refractivity contribution is -0.385. The van der Waals surface area contributed by atoms with Crippen molar-refractivity contribution in [2.45, 2.75) is 18.2 Å². The fraction of sp³-hybridized carbons (Fsp3) is 0.200. The van der Waals surface area contributed by atoms with Gasteiger partial charge in [-0.05, 0) is 17.5 Å². The Bertz CT molecular complexity index is 635. The summed E-state index contributed by atoms with van der Waals surface area (Å²) in [4.78, 5) is 9.98. The number of rotatable bonds is 5. The molecule has 1 unspecified atom stereocenters. The smallest absolute Gasteiger partial charge is 0.258 e. The molecule has 0 saturated carbocycles. The molecule has 0 bridgehead atoms. The van der Waals surface area contributed by atoms with Gasteiger partial charge in [-0.2, -0.15) is 0 Å². The van der Waals surface area contributed by atoms with Crippen molar-refractivity contribution in [3.63, 3.8) is 0 Å². The molecule has 0 radical (unpaired) electrons. The number of nitrogens with zero attached hydrogens (tertiary/aromatic N) is 1. The molecule has 0 aliphatic carbocycles. The number of non-ortho nitro benzene ring substituents is 1. The fourth-order valence-electron chi connectivity index (χ4n) is 2.06. The van der Waals surface area contributed by atoms with Crippen molar-refractivity contribution < 1.29 is 13.7 Å². The first-order valence-electron chi connectivity index (χ1n) is 6.23. The van der Waals surface area contributed by atoms with E-state index in [-0.39, 0.29) is 17.7 Å². The number of hydrogen-bond donors (Lipinski definition) is 0. The highest BCUT2D eigenvalue weighted by molar-refractivity contribution is 6.20. The topological polar surface area (TPSA) is 43.1 Å². The lowest BCUT2D eigenvalue weighted by Gasteiger charge is -2.13. The molecule has 0 aliphatic rings. The van der Waals surface area contributed by atoms with Crippen LogP contribution in [-0.2, 0) is 6.42 Å².